The van der Waals surface area contributed by atoms with Crippen LogP contribution in [-0.4, -0.2) is 41.2 Å². The first-order chi connectivity index (χ1) is 13.1. The lowest BCUT2D eigenvalue weighted by Gasteiger charge is -2.28. The molecule has 152 valence electrons. The molecule has 4 rings (SSSR count). The van der Waals surface area contributed by atoms with Crippen molar-refractivity contribution in [2.24, 2.45) is 11.7 Å². The van der Waals surface area contributed by atoms with Crippen LogP contribution < -0.4 is 32.5 Å². The van der Waals surface area contributed by atoms with Gasteiger partial charge in [0.1, 0.15) is 11.7 Å². The number of nitrogens with two attached hydrogens (primary N) is 2. The molecule has 0 radical (unpaired) electrons. The normalized spacial score (nSPS) is 22.8. The Morgan fingerprint density at radius 3 is 2.43 bits per heavy atom. The van der Waals surface area contributed by atoms with Crippen LogP contribution in [0.5, 0.6) is 5.75 Å². The van der Waals surface area contributed by atoms with Crippen molar-refractivity contribution in [3.05, 3.63) is 33.0 Å². The number of fused-ring (bicyclic) bond motifs is 1. The van der Waals surface area contributed by atoms with Crippen LogP contribution in [0.4, 0.5) is 10.1 Å². The van der Waals surface area contributed by atoms with Crippen molar-refractivity contribution in [1.29, 1.82) is 0 Å². The molecule has 4 N–H and O–H groups in total. The second kappa shape index (κ2) is 6.23. The molecule has 0 spiro atoms. The quantitative estimate of drug-likeness (QED) is 0.744. The van der Waals surface area contributed by atoms with E-state index in [4.69, 9.17) is 16.3 Å². The zero-order valence-corrected chi connectivity index (χ0v) is 16.3. The minimum absolute atomic E-state index is 0.0159. The number of alkyl halides is 1. The lowest BCUT2D eigenvalue weighted by atomic mass is 9.87. The van der Waals surface area contributed by atoms with Gasteiger partial charge in [0.15, 0.2) is 5.75 Å². The molecule has 0 amide bonds. The average Bonchev–Trinajstić information content (AvgIpc) is 3.38. The van der Waals surface area contributed by atoms with E-state index < -0.39 is 23.0 Å². The van der Waals surface area contributed by atoms with Gasteiger partial charge >= 0.3 is 5.69 Å². The summed E-state index contributed by atoms with van der Waals surface area (Å²) in [6.07, 6.45) is 0.587. The Morgan fingerprint density at radius 2 is 1.89 bits per heavy atom. The van der Waals surface area contributed by atoms with Crippen molar-refractivity contribution in [3.63, 3.8) is 0 Å². The minimum Gasteiger partial charge on any atom is -0.492 e. The smallest absolute Gasteiger partial charge is 0.350 e. The minimum atomic E-state index is -1.08. The van der Waals surface area contributed by atoms with E-state index in [1.54, 1.807) is 12.1 Å². The first-order valence-electron chi connectivity index (χ1n) is 9.46. The third-order valence-electron chi connectivity index (χ3n) is 5.87. The topological polar surface area (TPSA) is 109 Å². The number of nitrogens with zero attached hydrogens (tertiary/aromatic N) is 3. The molecule has 2 fully saturated rings. The van der Waals surface area contributed by atoms with Crippen LogP contribution >= 0.6 is 0 Å². The van der Waals surface area contributed by atoms with Gasteiger partial charge in [0, 0.05) is 30.6 Å². The van der Waals surface area contributed by atoms with E-state index in [2.05, 4.69) is 0 Å². The first-order valence-corrected chi connectivity index (χ1v) is 9.46. The Balaban J connectivity index is 1.93. The van der Waals surface area contributed by atoms with E-state index in [0.29, 0.717) is 33.6 Å². The van der Waals surface area contributed by atoms with Gasteiger partial charge in [-0.25, -0.2) is 9.18 Å². The third kappa shape index (κ3) is 2.76. The zero-order valence-electron chi connectivity index (χ0n) is 16.3. The summed E-state index contributed by atoms with van der Waals surface area (Å²) in [5.74, 6) is 5.76. The van der Waals surface area contributed by atoms with Gasteiger partial charge in [-0.1, -0.05) is 0 Å². The number of aromatic nitrogens is 2. The van der Waals surface area contributed by atoms with Crippen molar-refractivity contribution >= 4 is 16.6 Å². The molecule has 2 heterocycles. The maximum Gasteiger partial charge on any atom is 0.350 e. The zero-order chi connectivity index (χ0) is 20.4. The Kier molecular flexibility index (Phi) is 4.18. The molecule has 9 heteroatoms. The average molecular weight is 391 g/mol. The molecule has 2 aliphatic rings. The Bertz CT molecular complexity index is 1050. The van der Waals surface area contributed by atoms with Crippen molar-refractivity contribution < 1.29 is 9.13 Å². The highest BCUT2D eigenvalue weighted by Crippen LogP contribution is 2.42. The molecule has 2 aromatic rings. The molecule has 2 atom stereocenters. The lowest BCUT2D eigenvalue weighted by Crippen LogP contribution is -2.45. The van der Waals surface area contributed by atoms with Gasteiger partial charge in [0.05, 0.1) is 18.2 Å². The van der Waals surface area contributed by atoms with Gasteiger partial charge in [-0.05, 0) is 38.8 Å². The van der Waals surface area contributed by atoms with Gasteiger partial charge < -0.3 is 21.2 Å². The molecule has 1 aromatic heterocycles. The largest absolute Gasteiger partial charge is 0.492 e. The van der Waals surface area contributed by atoms with E-state index >= 15 is 0 Å². The lowest BCUT2D eigenvalue weighted by molar-refractivity contribution is 0.208. The van der Waals surface area contributed by atoms with Crippen molar-refractivity contribution in [2.45, 2.75) is 44.4 Å². The fourth-order valence-electron chi connectivity index (χ4n) is 4.18. The molecule has 1 aliphatic carbocycles. The van der Waals surface area contributed by atoms with Crippen LogP contribution in [0.15, 0.2) is 21.7 Å². The maximum atomic E-state index is 14.7. The predicted octanol–water partition coefficient (Wildman–Crippen LogP) is 0.732. The molecule has 8 nitrogen and oxygen atoms in total. The van der Waals surface area contributed by atoms with E-state index in [1.807, 2.05) is 18.7 Å². The summed E-state index contributed by atoms with van der Waals surface area (Å²) in [7, 11) is 1.49. The predicted molar refractivity (Wildman–Crippen MR) is 106 cm³/mol. The summed E-state index contributed by atoms with van der Waals surface area (Å²) < 4.78 is 22.5. The number of methoxy groups -OCH3 is 1. The van der Waals surface area contributed by atoms with Crippen LogP contribution in [0.2, 0.25) is 0 Å². The number of rotatable bonds is 4. The van der Waals surface area contributed by atoms with Crippen molar-refractivity contribution in [1.82, 2.24) is 9.24 Å². The highest BCUT2D eigenvalue weighted by Gasteiger charge is 2.42. The van der Waals surface area contributed by atoms with E-state index in [-0.39, 0.29) is 18.5 Å². The summed E-state index contributed by atoms with van der Waals surface area (Å²) >= 11 is 0. The molecule has 1 aliphatic heterocycles. The molecular weight excluding hydrogens is 365 g/mol. The molecular formula is C19H26FN5O3. The number of anilines is 1. The number of ether oxygens (including phenoxy) is 1. The molecule has 1 saturated carbocycles. The monoisotopic (exact) mass is 391 g/mol. The van der Waals surface area contributed by atoms with Crippen LogP contribution in [-0.2, 0) is 0 Å². The fourth-order valence-corrected chi connectivity index (χ4v) is 4.18. The summed E-state index contributed by atoms with van der Waals surface area (Å²) in [6, 6.07) is 3.34. The van der Waals surface area contributed by atoms with Crippen LogP contribution in [0.1, 0.15) is 32.7 Å². The van der Waals surface area contributed by atoms with Crippen LogP contribution in [0.25, 0.3) is 10.9 Å². The molecule has 1 saturated heterocycles. The molecule has 0 bridgehead atoms. The Morgan fingerprint density at radius 1 is 1.21 bits per heavy atom. The number of hydrogen-bond donors (Lipinski definition) is 2. The summed E-state index contributed by atoms with van der Waals surface area (Å²) in [6.45, 7) is 4.24. The van der Waals surface area contributed by atoms with Crippen LogP contribution in [0, 0.1) is 5.92 Å². The van der Waals surface area contributed by atoms with Gasteiger partial charge in [0.25, 0.3) is 5.56 Å². The van der Waals surface area contributed by atoms with Gasteiger partial charge in [-0.3, -0.25) is 9.36 Å². The maximum absolute atomic E-state index is 14.7. The summed E-state index contributed by atoms with van der Waals surface area (Å²) in [4.78, 5) is 27.1. The highest BCUT2D eigenvalue weighted by molar-refractivity contribution is 5.91. The van der Waals surface area contributed by atoms with Gasteiger partial charge in [-0.2, -0.15) is 4.68 Å². The number of halogens is 1. The summed E-state index contributed by atoms with van der Waals surface area (Å²) in [5, 5.41) is 0.307. The van der Waals surface area contributed by atoms with Gasteiger partial charge in [-0.15, -0.1) is 0 Å². The SMILES string of the molecule is COc1c(N2C[C@H](F)[C@@H](C(C)(C)N)C2)ccc2c(=O)n(N)c(=O)n(C3CC3)c12. The Labute approximate surface area is 161 Å². The second-order valence-corrected chi connectivity index (χ2v) is 8.42. The van der Waals surface area contributed by atoms with E-state index in [9.17, 15) is 14.0 Å². The van der Waals surface area contributed by atoms with Crippen molar-refractivity contribution in [2.75, 3.05) is 30.9 Å². The fraction of sp³-hybridized carbons (Fsp3) is 0.579. The van der Waals surface area contributed by atoms with Crippen molar-refractivity contribution in [3.8, 4) is 5.75 Å². The number of nitrogen functional groups attached to an aromatic ring is 1. The van der Waals surface area contributed by atoms with E-state index in [0.717, 1.165) is 12.8 Å². The Hall–Kier alpha value is -2.55. The summed E-state index contributed by atoms with van der Waals surface area (Å²) in [5.41, 5.74) is 5.42. The first kappa shape index (κ1) is 18.8. The molecule has 0 unspecified atom stereocenters. The third-order valence-corrected chi connectivity index (χ3v) is 5.87. The van der Waals surface area contributed by atoms with Crippen LogP contribution in [0.3, 0.4) is 0 Å². The van der Waals surface area contributed by atoms with E-state index in [1.165, 1.54) is 11.7 Å². The molecule has 1 aromatic carbocycles. The second-order valence-electron chi connectivity index (χ2n) is 8.42. The molecule has 28 heavy (non-hydrogen) atoms. The standard InChI is InChI=1S/C19H26FN5O3/c1-19(2,21)12-8-23(9-13(12)20)14-7-6-11-15(16(14)28-3)24(10-4-5-10)18(27)25(22)17(11)26/h6-7,10,12-13H,4-5,8-9,21-22H2,1-3H3/t12-,13-/m0/s1. The number of benzene rings is 1. The number of hydrogen-bond acceptors (Lipinski definition) is 6. The highest BCUT2D eigenvalue weighted by atomic mass is 19.1. The van der Waals surface area contributed by atoms with Gasteiger partial charge in [0.2, 0.25) is 0 Å².